The number of rotatable bonds is 4. The van der Waals surface area contributed by atoms with Gasteiger partial charge in [0, 0.05) is 24.1 Å². The second-order valence-corrected chi connectivity index (χ2v) is 6.63. The average Bonchev–Trinajstić information content (AvgIpc) is 2.78. The first-order valence-corrected chi connectivity index (χ1v) is 7.86. The molecule has 17 heavy (non-hydrogen) atoms. The Hall–Kier alpha value is -0.470. The first-order chi connectivity index (χ1) is 8.13. The van der Waals surface area contributed by atoms with Gasteiger partial charge < -0.3 is 10.5 Å². The molecule has 1 aromatic rings. The lowest BCUT2D eigenvalue weighted by atomic mass is 10.1. The van der Waals surface area contributed by atoms with E-state index in [0.29, 0.717) is 23.0 Å². The van der Waals surface area contributed by atoms with Crippen LogP contribution >= 0.6 is 11.3 Å². The summed E-state index contributed by atoms with van der Waals surface area (Å²) in [6, 6.07) is 1.47. The molecule has 1 fully saturated rings. The monoisotopic (exact) mass is 276 g/mol. The molecule has 0 spiro atoms. The molecule has 0 saturated carbocycles. The second-order valence-electron chi connectivity index (χ2n) is 3.95. The van der Waals surface area contributed by atoms with Crippen LogP contribution < -0.4 is 10.5 Å². The standard InChI is InChI=1S/C10H16N2O3S2/c11-6-9-10(3-5-16-9)17(13,14)12-8-2-1-4-15-7-8/h3,5,8,12H,1-2,4,6-7,11H2. The van der Waals surface area contributed by atoms with Gasteiger partial charge in [-0.25, -0.2) is 13.1 Å². The Labute approximate surface area is 105 Å². The lowest BCUT2D eigenvalue weighted by Gasteiger charge is -2.22. The normalized spacial score (nSPS) is 21.6. The molecule has 3 N–H and O–H groups in total. The fourth-order valence-corrected chi connectivity index (χ4v) is 4.42. The highest BCUT2D eigenvalue weighted by atomic mass is 32.2. The third-order valence-corrected chi connectivity index (χ3v) is 5.34. The number of sulfonamides is 1. The minimum Gasteiger partial charge on any atom is -0.380 e. The molecule has 1 unspecified atom stereocenters. The number of hydrogen-bond donors (Lipinski definition) is 2. The van der Waals surface area contributed by atoms with Crippen LogP contribution in [0.3, 0.4) is 0 Å². The quantitative estimate of drug-likeness (QED) is 0.846. The predicted octanol–water partition coefficient (Wildman–Crippen LogP) is 0.664. The molecular formula is C10H16N2O3S2. The molecule has 96 valence electrons. The van der Waals surface area contributed by atoms with Crippen LogP contribution in [0.1, 0.15) is 17.7 Å². The van der Waals surface area contributed by atoms with Crippen LogP contribution in [-0.2, 0) is 21.3 Å². The SMILES string of the molecule is NCc1sccc1S(=O)(=O)NC1CCCOC1. The van der Waals surface area contributed by atoms with Crippen molar-refractivity contribution in [3.8, 4) is 0 Å². The number of nitrogens with two attached hydrogens (primary N) is 1. The van der Waals surface area contributed by atoms with E-state index in [9.17, 15) is 8.42 Å². The molecule has 0 bridgehead atoms. The molecule has 1 saturated heterocycles. The summed E-state index contributed by atoms with van der Waals surface area (Å²) in [7, 11) is -3.46. The maximum atomic E-state index is 12.1. The lowest BCUT2D eigenvalue weighted by molar-refractivity contribution is 0.0774. The summed E-state index contributed by atoms with van der Waals surface area (Å²) < 4.78 is 32.2. The first-order valence-electron chi connectivity index (χ1n) is 5.50. The summed E-state index contributed by atoms with van der Waals surface area (Å²) in [5.41, 5.74) is 5.52. The molecule has 0 amide bonds. The van der Waals surface area contributed by atoms with Gasteiger partial charge in [0.15, 0.2) is 0 Å². The van der Waals surface area contributed by atoms with Gasteiger partial charge in [-0.05, 0) is 24.3 Å². The van der Waals surface area contributed by atoms with E-state index in [-0.39, 0.29) is 12.6 Å². The van der Waals surface area contributed by atoms with Crippen LogP contribution in [0.4, 0.5) is 0 Å². The smallest absolute Gasteiger partial charge is 0.242 e. The molecule has 1 aromatic heterocycles. The molecule has 5 nitrogen and oxygen atoms in total. The minimum atomic E-state index is -3.46. The maximum Gasteiger partial charge on any atom is 0.242 e. The molecule has 0 aliphatic carbocycles. The number of nitrogens with one attached hydrogen (secondary N) is 1. The Morgan fingerprint density at radius 2 is 2.41 bits per heavy atom. The van der Waals surface area contributed by atoms with Crippen molar-refractivity contribution in [2.24, 2.45) is 5.73 Å². The van der Waals surface area contributed by atoms with Gasteiger partial charge in [-0.3, -0.25) is 0 Å². The van der Waals surface area contributed by atoms with E-state index in [4.69, 9.17) is 10.5 Å². The molecule has 1 aliphatic rings. The van der Waals surface area contributed by atoms with Crippen LogP contribution in [0.25, 0.3) is 0 Å². The van der Waals surface area contributed by atoms with Crippen molar-refractivity contribution in [1.82, 2.24) is 4.72 Å². The van der Waals surface area contributed by atoms with Crippen molar-refractivity contribution in [2.45, 2.75) is 30.3 Å². The summed E-state index contributed by atoms with van der Waals surface area (Å²) in [4.78, 5) is 0.991. The van der Waals surface area contributed by atoms with Gasteiger partial charge in [-0.2, -0.15) is 0 Å². The van der Waals surface area contributed by atoms with Crippen molar-refractivity contribution >= 4 is 21.4 Å². The number of ether oxygens (including phenoxy) is 1. The fourth-order valence-electron chi connectivity index (χ4n) is 1.83. The molecule has 2 rings (SSSR count). The Balaban J connectivity index is 2.13. The van der Waals surface area contributed by atoms with Gasteiger partial charge >= 0.3 is 0 Å². The van der Waals surface area contributed by atoms with Crippen molar-refractivity contribution in [3.63, 3.8) is 0 Å². The van der Waals surface area contributed by atoms with E-state index in [0.717, 1.165) is 12.8 Å². The summed E-state index contributed by atoms with van der Waals surface area (Å²) in [6.45, 7) is 1.40. The van der Waals surface area contributed by atoms with E-state index in [1.54, 1.807) is 11.4 Å². The highest BCUT2D eigenvalue weighted by Crippen LogP contribution is 2.22. The van der Waals surface area contributed by atoms with Gasteiger partial charge in [-0.15, -0.1) is 11.3 Å². The van der Waals surface area contributed by atoms with Gasteiger partial charge in [-0.1, -0.05) is 0 Å². The van der Waals surface area contributed by atoms with Crippen LogP contribution in [0.15, 0.2) is 16.3 Å². The lowest BCUT2D eigenvalue weighted by Crippen LogP contribution is -2.40. The average molecular weight is 276 g/mol. The van der Waals surface area contributed by atoms with Gasteiger partial charge in [0.2, 0.25) is 10.0 Å². The first kappa shape index (κ1) is 13.0. The van der Waals surface area contributed by atoms with Crippen molar-refractivity contribution in [3.05, 3.63) is 16.3 Å². The Morgan fingerprint density at radius 1 is 1.59 bits per heavy atom. The Kier molecular flexibility index (Phi) is 4.16. The third-order valence-electron chi connectivity index (χ3n) is 2.66. The molecule has 2 heterocycles. The summed E-state index contributed by atoms with van der Waals surface area (Å²) in [6.07, 6.45) is 1.71. The molecule has 7 heteroatoms. The summed E-state index contributed by atoms with van der Waals surface area (Å²) >= 11 is 1.36. The topological polar surface area (TPSA) is 81.4 Å². The zero-order valence-electron chi connectivity index (χ0n) is 9.39. The Bertz CT molecular complexity index is 464. The second kappa shape index (κ2) is 5.45. The summed E-state index contributed by atoms with van der Waals surface area (Å²) in [5, 5.41) is 1.74. The van der Waals surface area contributed by atoms with E-state index < -0.39 is 10.0 Å². The minimum absolute atomic E-state index is 0.126. The largest absolute Gasteiger partial charge is 0.380 e. The zero-order valence-corrected chi connectivity index (χ0v) is 11.0. The van der Waals surface area contributed by atoms with Crippen molar-refractivity contribution in [1.29, 1.82) is 0 Å². The fraction of sp³-hybridized carbons (Fsp3) is 0.600. The third kappa shape index (κ3) is 3.05. The number of hydrogen-bond acceptors (Lipinski definition) is 5. The summed E-state index contributed by atoms with van der Waals surface area (Å²) in [5.74, 6) is 0. The van der Waals surface area contributed by atoms with Crippen molar-refractivity contribution in [2.75, 3.05) is 13.2 Å². The highest BCUT2D eigenvalue weighted by molar-refractivity contribution is 7.89. The van der Waals surface area contributed by atoms with E-state index in [1.165, 1.54) is 11.3 Å². The van der Waals surface area contributed by atoms with E-state index >= 15 is 0 Å². The highest BCUT2D eigenvalue weighted by Gasteiger charge is 2.24. The maximum absolute atomic E-state index is 12.1. The van der Waals surface area contributed by atoms with Crippen LogP contribution in [-0.4, -0.2) is 27.7 Å². The van der Waals surface area contributed by atoms with Crippen LogP contribution in [0, 0.1) is 0 Å². The van der Waals surface area contributed by atoms with Crippen LogP contribution in [0.5, 0.6) is 0 Å². The van der Waals surface area contributed by atoms with Gasteiger partial charge in [0.25, 0.3) is 0 Å². The molecule has 0 radical (unpaired) electrons. The van der Waals surface area contributed by atoms with Crippen molar-refractivity contribution < 1.29 is 13.2 Å². The van der Waals surface area contributed by atoms with Crippen LogP contribution in [0.2, 0.25) is 0 Å². The van der Waals surface area contributed by atoms with Gasteiger partial charge in [0.05, 0.1) is 11.5 Å². The predicted molar refractivity (Wildman–Crippen MR) is 66.4 cm³/mol. The van der Waals surface area contributed by atoms with E-state index in [2.05, 4.69) is 4.72 Å². The molecule has 0 aromatic carbocycles. The Morgan fingerprint density at radius 3 is 3.06 bits per heavy atom. The van der Waals surface area contributed by atoms with E-state index in [1.807, 2.05) is 0 Å². The molecule has 1 atom stereocenters. The number of thiophene rings is 1. The van der Waals surface area contributed by atoms with Gasteiger partial charge in [0.1, 0.15) is 0 Å². The molecule has 1 aliphatic heterocycles. The zero-order chi connectivity index (χ0) is 12.3. The molecular weight excluding hydrogens is 260 g/mol.